The van der Waals surface area contributed by atoms with E-state index in [0.717, 1.165) is 57.5 Å². The molecule has 0 aromatic heterocycles. The number of amides is 1. The molecule has 2 aromatic rings. The van der Waals surface area contributed by atoms with Crippen molar-refractivity contribution in [2.45, 2.75) is 69.2 Å². The average Bonchev–Trinajstić information content (AvgIpc) is 2.87. The first kappa shape index (κ1) is 25.8. The van der Waals surface area contributed by atoms with E-state index in [1.165, 1.54) is 28.4 Å². The number of hydrogen-bond donors (Lipinski definition) is 1. The number of ether oxygens (including phenoxy) is 1. The van der Waals surface area contributed by atoms with Crippen molar-refractivity contribution in [2.75, 3.05) is 26.7 Å². The number of morpholine rings is 1. The highest BCUT2D eigenvalue weighted by Crippen LogP contribution is 2.26. The molecule has 1 saturated heterocycles. The molecule has 2 aromatic carbocycles. The quantitative estimate of drug-likeness (QED) is 0.598. The van der Waals surface area contributed by atoms with Gasteiger partial charge in [-0.3, -0.25) is 9.69 Å². The Bertz CT molecular complexity index is 1100. The molecule has 2 fully saturated rings. The van der Waals surface area contributed by atoms with E-state index in [4.69, 9.17) is 4.74 Å². The molecule has 0 radical (unpaired) electrons. The van der Waals surface area contributed by atoms with Crippen LogP contribution in [0.2, 0.25) is 0 Å². The van der Waals surface area contributed by atoms with E-state index in [9.17, 15) is 13.2 Å². The number of carbonyl (C=O) groups is 1. The molecule has 7 nitrogen and oxygen atoms in total. The van der Waals surface area contributed by atoms with E-state index in [1.54, 1.807) is 19.2 Å². The zero-order valence-corrected chi connectivity index (χ0v) is 21.6. The Labute approximate surface area is 209 Å². The highest BCUT2D eigenvalue weighted by atomic mass is 32.2. The van der Waals surface area contributed by atoms with Gasteiger partial charge < -0.3 is 10.1 Å². The third-order valence-electron chi connectivity index (χ3n) is 7.06. The van der Waals surface area contributed by atoms with Gasteiger partial charge in [0, 0.05) is 44.8 Å². The van der Waals surface area contributed by atoms with Crippen LogP contribution >= 0.6 is 0 Å². The molecule has 1 saturated carbocycles. The molecular formula is C27H37N3O4S. The summed E-state index contributed by atoms with van der Waals surface area (Å²) < 4.78 is 33.2. The van der Waals surface area contributed by atoms with E-state index in [-0.39, 0.29) is 22.9 Å². The SMILES string of the molecule is CC1CN(Cc2cccc(CNC(=O)c3ccc(S(=O)(=O)N(C)C4CCCCC4)cc3)c2)CCO1. The Hall–Kier alpha value is -2.26. The third-order valence-corrected chi connectivity index (χ3v) is 8.98. The Kier molecular flexibility index (Phi) is 8.59. The normalized spacial score (nSPS) is 20.1. The number of benzene rings is 2. The summed E-state index contributed by atoms with van der Waals surface area (Å²) in [5, 5.41) is 2.95. The van der Waals surface area contributed by atoms with Crippen LogP contribution < -0.4 is 5.32 Å². The van der Waals surface area contributed by atoms with Crippen LogP contribution in [0, 0.1) is 0 Å². The van der Waals surface area contributed by atoms with Gasteiger partial charge in [-0.15, -0.1) is 0 Å². The van der Waals surface area contributed by atoms with Gasteiger partial charge in [0.25, 0.3) is 5.91 Å². The molecule has 1 aliphatic carbocycles. The maximum atomic E-state index is 13.0. The van der Waals surface area contributed by atoms with Crippen molar-refractivity contribution in [1.82, 2.24) is 14.5 Å². The molecule has 1 unspecified atom stereocenters. The Morgan fingerprint density at radius 3 is 2.51 bits per heavy atom. The molecule has 8 heteroatoms. The summed E-state index contributed by atoms with van der Waals surface area (Å²) in [6, 6.07) is 14.6. The zero-order valence-electron chi connectivity index (χ0n) is 20.8. The summed E-state index contributed by atoms with van der Waals surface area (Å²) in [6.45, 7) is 5.97. The lowest BCUT2D eigenvalue weighted by Gasteiger charge is -2.31. The van der Waals surface area contributed by atoms with Gasteiger partial charge in [-0.25, -0.2) is 8.42 Å². The largest absolute Gasteiger partial charge is 0.376 e. The van der Waals surface area contributed by atoms with Gasteiger partial charge >= 0.3 is 0 Å². The molecule has 4 rings (SSSR count). The number of rotatable bonds is 8. The minimum absolute atomic E-state index is 0.0548. The minimum atomic E-state index is -3.57. The standard InChI is InChI=1S/C27H37N3O4S/c1-21-19-30(15-16-34-21)20-23-8-6-7-22(17-23)18-28-27(31)24-11-13-26(14-12-24)35(32,33)29(2)25-9-4-3-5-10-25/h6-8,11-14,17,21,25H,3-5,9-10,15-16,18-20H2,1-2H3,(H,28,31). The Morgan fingerprint density at radius 2 is 1.80 bits per heavy atom. The molecule has 1 aliphatic heterocycles. The van der Waals surface area contributed by atoms with E-state index in [2.05, 4.69) is 29.3 Å². The molecule has 35 heavy (non-hydrogen) atoms. The maximum Gasteiger partial charge on any atom is 0.251 e. The fourth-order valence-corrected chi connectivity index (χ4v) is 6.42. The van der Waals surface area contributed by atoms with Crippen molar-refractivity contribution in [3.8, 4) is 0 Å². The highest BCUT2D eigenvalue weighted by Gasteiger charge is 2.29. The second-order valence-electron chi connectivity index (χ2n) is 9.76. The van der Waals surface area contributed by atoms with Crippen molar-refractivity contribution < 1.29 is 17.9 Å². The van der Waals surface area contributed by atoms with Crippen molar-refractivity contribution in [1.29, 1.82) is 0 Å². The van der Waals surface area contributed by atoms with Gasteiger partial charge in [0.2, 0.25) is 10.0 Å². The molecule has 0 bridgehead atoms. The van der Waals surface area contributed by atoms with Crippen LogP contribution in [-0.2, 0) is 27.8 Å². The molecule has 1 N–H and O–H groups in total. The van der Waals surface area contributed by atoms with Gasteiger partial charge in [-0.1, -0.05) is 43.5 Å². The number of carbonyl (C=O) groups excluding carboxylic acids is 1. The molecule has 1 atom stereocenters. The van der Waals surface area contributed by atoms with Crippen LogP contribution in [-0.4, -0.2) is 62.4 Å². The lowest BCUT2D eigenvalue weighted by molar-refractivity contribution is -0.0212. The summed E-state index contributed by atoms with van der Waals surface area (Å²) in [5.74, 6) is -0.220. The second kappa shape index (κ2) is 11.6. The first-order chi connectivity index (χ1) is 16.8. The molecule has 1 amide bonds. The monoisotopic (exact) mass is 499 g/mol. The van der Waals surface area contributed by atoms with E-state index < -0.39 is 10.0 Å². The smallest absolute Gasteiger partial charge is 0.251 e. The predicted molar refractivity (Wildman–Crippen MR) is 137 cm³/mol. The summed E-state index contributed by atoms with van der Waals surface area (Å²) >= 11 is 0. The molecule has 1 heterocycles. The van der Waals surface area contributed by atoms with E-state index in [0.29, 0.717) is 12.1 Å². The third kappa shape index (κ3) is 6.70. The van der Waals surface area contributed by atoms with Crippen molar-refractivity contribution >= 4 is 15.9 Å². The van der Waals surface area contributed by atoms with Crippen LogP contribution in [0.5, 0.6) is 0 Å². The van der Waals surface area contributed by atoms with Gasteiger partial charge in [0.1, 0.15) is 0 Å². The van der Waals surface area contributed by atoms with Gasteiger partial charge in [0.15, 0.2) is 0 Å². The van der Waals surface area contributed by atoms with Crippen molar-refractivity contribution in [3.05, 3.63) is 65.2 Å². The fraction of sp³-hybridized carbons (Fsp3) is 0.519. The summed E-state index contributed by atoms with van der Waals surface area (Å²) in [5.41, 5.74) is 2.69. The molecule has 2 aliphatic rings. The number of sulfonamides is 1. The van der Waals surface area contributed by atoms with Crippen LogP contribution in [0.3, 0.4) is 0 Å². The minimum Gasteiger partial charge on any atom is -0.376 e. The number of nitrogens with one attached hydrogen (secondary N) is 1. The van der Waals surface area contributed by atoms with Gasteiger partial charge in [0.05, 0.1) is 17.6 Å². The number of nitrogens with zero attached hydrogens (tertiary/aromatic N) is 2. The maximum absolute atomic E-state index is 13.0. The molecular weight excluding hydrogens is 462 g/mol. The summed E-state index contributed by atoms with van der Waals surface area (Å²) in [6.07, 6.45) is 5.37. The number of hydrogen-bond acceptors (Lipinski definition) is 5. The van der Waals surface area contributed by atoms with Crippen LogP contribution in [0.4, 0.5) is 0 Å². The molecule has 0 spiro atoms. The Balaban J connectivity index is 1.33. The van der Waals surface area contributed by atoms with Crippen LogP contribution in [0.15, 0.2) is 53.4 Å². The van der Waals surface area contributed by atoms with Crippen LogP contribution in [0.1, 0.15) is 60.5 Å². The van der Waals surface area contributed by atoms with Crippen LogP contribution in [0.25, 0.3) is 0 Å². The van der Waals surface area contributed by atoms with Crippen molar-refractivity contribution in [2.24, 2.45) is 0 Å². The average molecular weight is 500 g/mol. The summed E-state index contributed by atoms with van der Waals surface area (Å²) in [4.78, 5) is 15.3. The summed E-state index contributed by atoms with van der Waals surface area (Å²) in [7, 11) is -1.90. The first-order valence-corrected chi connectivity index (χ1v) is 14.0. The first-order valence-electron chi connectivity index (χ1n) is 12.6. The van der Waals surface area contributed by atoms with Gasteiger partial charge in [-0.05, 0) is 55.2 Å². The second-order valence-corrected chi connectivity index (χ2v) is 11.8. The van der Waals surface area contributed by atoms with Gasteiger partial charge in [-0.2, -0.15) is 4.31 Å². The fourth-order valence-electron chi connectivity index (χ4n) is 5.00. The molecule has 190 valence electrons. The van der Waals surface area contributed by atoms with E-state index in [1.807, 2.05) is 12.1 Å². The lowest BCUT2D eigenvalue weighted by Crippen LogP contribution is -2.40. The van der Waals surface area contributed by atoms with Crippen molar-refractivity contribution in [3.63, 3.8) is 0 Å². The lowest BCUT2D eigenvalue weighted by atomic mass is 9.96. The zero-order chi connectivity index (χ0) is 24.8. The topological polar surface area (TPSA) is 79.0 Å². The Morgan fingerprint density at radius 1 is 1.09 bits per heavy atom. The highest BCUT2D eigenvalue weighted by molar-refractivity contribution is 7.89. The van der Waals surface area contributed by atoms with E-state index >= 15 is 0 Å². The predicted octanol–water partition coefficient (Wildman–Crippen LogP) is 3.79.